The SMILES string of the molecule is CS(=O)(=O)CCC(NC(=O)c1cc(Br)ccc1O)C(=O)O. The van der Waals surface area contributed by atoms with Crippen LogP contribution in [-0.2, 0) is 14.6 Å². The van der Waals surface area contributed by atoms with Crippen LogP contribution in [0, 0.1) is 0 Å². The molecule has 1 aromatic carbocycles. The van der Waals surface area contributed by atoms with Crippen LogP contribution in [-0.4, -0.2) is 48.6 Å². The molecular formula is C12H14BrNO6S. The molecule has 0 aliphatic rings. The normalized spacial score (nSPS) is 12.7. The summed E-state index contributed by atoms with van der Waals surface area (Å²) in [5.74, 6) is -2.81. The predicted octanol–water partition coefficient (Wildman–Crippen LogP) is 0.772. The highest BCUT2D eigenvalue weighted by Gasteiger charge is 2.23. The van der Waals surface area contributed by atoms with Gasteiger partial charge < -0.3 is 15.5 Å². The van der Waals surface area contributed by atoms with Gasteiger partial charge in [-0.05, 0) is 24.6 Å². The van der Waals surface area contributed by atoms with Gasteiger partial charge in [0.15, 0.2) is 0 Å². The lowest BCUT2D eigenvalue weighted by Gasteiger charge is -2.14. The molecule has 7 nitrogen and oxygen atoms in total. The van der Waals surface area contributed by atoms with E-state index in [0.29, 0.717) is 4.47 Å². The van der Waals surface area contributed by atoms with Gasteiger partial charge in [0.05, 0.1) is 11.3 Å². The Morgan fingerprint density at radius 1 is 1.38 bits per heavy atom. The second-order valence-electron chi connectivity index (χ2n) is 4.44. The Morgan fingerprint density at radius 2 is 2.00 bits per heavy atom. The van der Waals surface area contributed by atoms with Crippen molar-refractivity contribution in [1.82, 2.24) is 5.32 Å². The lowest BCUT2D eigenvalue weighted by atomic mass is 10.1. The molecule has 0 saturated carbocycles. The topological polar surface area (TPSA) is 121 Å². The number of carboxylic acids is 1. The van der Waals surface area contributed by atoms with E-state index < -0.39 is 27.8 Å². The number of benzene rings is 1. The first-order chi connectivity index (χ1) is 9.60. The van der Waals surface area contributed by atoms with Crippen LogP contribution in [0.25, 0.3) is 0 Å². The van der Waals surface area contributed by atoms with Crippen molar-refractivity contribution in [3.8, 4) is 5.75 Å². The molecule has 0 bridgehead atoms. The van der Waals surface area contributed by atoms with Crippen LogP contribution in [0.3, 0.4) is 0 Å². The molecule has 0 radical (unpaired) electrons. The summed E-state index contributed by atoms with van der Waals surface area (Å²) in [5.41, 5.74) is -0.102. The molecule has 1 unspecified atom stereocenters. The van der Waals surface area contributed by atoms with Crippen molar-refractivity contribution in [3.63, 3.8) is 0 Å². The van der Waals surface area contributed by atoms with Crippen molar-refractivity contribution >= 4 is 37.6 Å². The maximum atomic E-state index is 12.0. The Kier molecular flexibility index (Phi) is 5.73. The number of rotatable bonds is 6. The van der Waals surface area contributed by atoms with Gasteiger partial charge in [0.2, 0.25) is 0 Å². The van der Waals surface area contributed by atoms with Crippen molar-refractivity contribution in [2.75, 3.05) is 12.0 Å². The third kappa shape index (κ3) is 5.72. The van der Waals surface area contributed by atoms with Crippen LogP contribution >= 0.6 is 15.9 Å². The van der Waals surface area contributed by atoms with Crippen molar-refractivity contribution in [1.29, 1.82) is 0 Å². The number of hydrogen-bond acceptors (Lipinski definition) is 5. The van der Waals surface area contributed by atoms with Gasteiger partial charge in [0, 0.05) is 10.7 Å². The summed E-state index contributed by atoms with van der Waals surface area (Å²) in [6, 6.07) is 2.78. The Morgan fingerprint density at radius 3 is 2.52 bits per heavy atom. The van der Waals surface area contributed by atoms with Gasteiger partial charge in [-0.2, -0.15) is 0 Å². The van der Waals surface area contributed by atoms with Crippen LogP contribution in [0.2, 0.25) is 0 Å². The van der Waals surface area contributed by atoms with E-state index in [4.69, 9.17) is 5.11 Å². The Balaban J connectivity index is 2.86. The first kappa shape index (κ1) is 17.4. The number of aliphatic carboxylic acids is 1. The van der Waals surface area contributed by atoms with Gasteiger partial charge in [-0.25, -0.2) is 13.2 Å². The van der Waals surface area contributed by atoms with Gasteiger partial charge >= 0.3 is 5.97 Å². The second-order valence-corrected chi connectivity index (χ2v) is 7.62. The van der Waals surface area contributed by atoms with E-state index in [9.17, 15) is 23.1 Å². The van der Waals surface area contributed by atoms with Crippen LogP contribution in [0.15, 0.2) is 22.7 Å². The van der Waals surface area contributed by atoms with E-state index in [1.165, 1.54) is 18.2 Å². The molecule has 21 heavy (non-hydrogen) atoms. The molecule has 1 aromatic rings. The van der Waals surface area contributed by atoms with E-state index >= 15 is 0 Å². The van der Waals surface area contributed by atoms with Crippen molar-refractivity contribution < 1.29 is 28.2 Å². The van der Waals surface area contributed by atoms with Gasteiger partial charge in [0.1, 0.15) is 21.6 Å². The summed E-state index contributed by atoms with van der Waals surface area (Å²) in [4.78, 5) is 23.0. The Labute approximate surface area is 130 Å². The van der Waals surface area contributed by atoms with E-state index in [2.05, 4.69) is 21.2 Å². The Bertz CT molecular complexity index is 658. The van der Waals surface area contributed by atoms with Gasteiger partial charge in [-0.3, -0.25) is 4.79 Å². The van der Waals surface area contributed by atoms with Crippen molar-refractivity contribution in [2.45, 2.75) is 12.5 Å². The molecule has 0 fully saturated rings. The number of halogens is 1. The molecule has 1 amide bonds. The number of carboxylic acid groups (broad SMARTS) is 1. The van der Waals surface area contributed by atoms with Gasteiger partial charge in [-0.1, -0.05) is 15.9 Å². The van der Waals surface area contributed by atoms with Crippen molar-refractivity contribution in [3.05, 3.63) is 28.2 Å². The first-order valence-corrected chi connectivity index (χ1v) is 8.65. The number of amides is 1. The maximum Gasteiger partial charge on any atom is 0.326 e. The van der Waals surface area contributed by atoms with Crippen molar-refractivity contribution in [2.24, 2.45) is 0 Å². The molecule has 0 heterocycles. The molecule has 1 rings (SSSR count). The highest BCUT2D eigenvalue weighted by molar-refractivity contribution is 9.10. The van der Waals surface area contributed by atoms with E-state index in [1.54, 1.807) is 0 Å². The largest absolute Gasteiger partial charge is 0.507 e. The number of carbonyl (C=O) groups excluding carboxylic acids is 1. The van der Waals surface area contributed by atoms with Crippen LogP contribution in [0.5, 0.6) is 5.75 Å². The summed E-state index contributed by atoms with van der Waals surface area (Å²) < 4.78 is 22.7. The van der Waals surface area contributed by atoms with Gasteiger partial charge in [-0.15, -0.1) is 0 Å². The molecule has 1 atom stereocenters. The molecule has 0 spiro atoms. The third-order valence-electron chi connectivity index (χ3n) is 2.58. The number of aromatic hydroxyl groups is 1. The lowest BCUT2D eigenvalue weighted by Crippen LogP contribution is -2.41. The molecule has 0 aliphatic carbocycles. The predicted molar refractivity (Wildman–Crippen MR) is 79.0 cm³/mol. The highest BCUT2D eigenvalue weighted by Crippen LogP contribution is 2.21. The highest BCUT2D eigenvalue weighted by atomic mass is 79.9. The zero-order valence-corrected chi connectivity index (χ0v) is 13.4. The minimum atomic E-state index is -3.34. The van der Waals surface area contributed by atoms with Crippen LogP contribution in [0.4, 0.5) is 0 Å². The number of hydrogen-bond donors (Lipinski definition) is 3. The van der Waals surface area contributed by atoms with E-state index in [0.717, 1.165) is 6.26 Å². The first-order valence-electron chi connectivity index (χ1n) is 5.80. The smallest absolute Gasteiger partial charge is 0.326 e. The van der Waals surface area contributed by atoms with Crippen LogP contribution < -0.4 is 5.32 Å². The number of carbonyl (C=O) groups is 2. The molecule has 9 heteroatoms. The number of nitrogens with one attached hydrogen (secondary N) is 1. The average molecular weight is 380 g/mol. The standard InChI is InChI=1S/C12H14BrNO6S/c1-21(19,20)5-4-9(12(17)18)14-11(16)8-6-7(13)2-3-10(8)15/h2-3,6,9,15H,4-5H2,1H3,(H,14,16)(H,17,18). The quantitative estimate of drug-likeness (QED) is 0.671. The lowest BCUT2D eigenvalue weighted by molar-refractivity contribution is -0.139. The molecule has 0 aromatic heterocycles. The fraction of sp³-hybridized carbons (Fsp3) is 0.333. The average Bonchev–Trinajstić information content (AvgIpc) is 2.35. The van der Waals surface area contributed by atoms with Gasteiger partial charge in [0.25, 0.3) is 5.91 Å². The molecule has 3 N–H and O–H groups in total. The zero-order chi connectivity index (χ0) is 16.2. The maximum absolute atomic E-state index is 12.0. The summed E-state index contributed by atoms with van der Waals surface area (Å²) in [6.45, 7) is 0. The minimum absolute atomic E-state index is 0.102. The van der Waals surface area contributed by atoms with E-state index in [1.807, 2.05) is 0 Å². The monoisotopic (exact) mass is 379 g/mol. The second kappa shape index (κ2) is 6.90. The molecule has 0 aliphatic heterocycles. The summed E-state index contributed by atoms with van der Waals surface area (Å²) in [7, 11) is -3.34. The fourth-order valence-electron chi connectivity index (χ4n) is 1.52. The summed E-state index contributed by atoms with van der Waals surface area (Å²) in [6.07, 6.45) is 0.725. The zero-order valence-electron chi connectivity index (χ0n) is 11.0. The molecule has 116 valence electrons. The number of phenols is 1. The summed E-state index contributed by atoms with van der Waals surface area (Å²) in [5, 5.41) is 20.8. The molecule has 0 saturated heterocycles. The number of phenolic OH excluding ortho intramolecular Hbond substituents is 1. The third-order valence-corrected chi connectivity index (χ3v) is 4.05. The Hall–Kier alpha value is -1.61. The number of sulfone groups is 1. The minimum Gasteiger partial charge on any atom is -0.507 e. The fourth-order valence-corrected chi connectivity index (χ4v) is 2.54. The van der Waals surface area contributed by atoms with Crippen LogP contribution in [0.1, 0.15) is 16.8 Å². The van der Waals surface area contributed by atoms with E-state index in [-0.39, 0.29) is 23.5 Å². The summed E-state index contributed by atoms with van der Waals surface area (Å²) >= 11 is 3.13. The molecular weight excluding hydrogens is 366 g/mol.